The maximum atomic E-state index is 13.5. The zero-order chi connectivity index (χ0) is 28.0. The standard InChI is InChI=1S/C25H31N5O7S2/c1-36-13-5-10-29(22-23(26)30(25(33)27-24(22)32)17-18-6-3-2-4-7-18)20(31)16-19-8-9-21(38-19)39(34,35)28-11-14-37-15-12-28/h2-4,6-9H,5,10-17,26H2,1H3,(H,27,32,33). The molecule has 0 atom stereocenters. The Balaban J connectivity index is 1.63. The summed E-state index contributed by atoms with van der Waals surface area (Å²) in [4.78, 5) is 43.1. The number of morpholine rings is 1. The predicted molar refractivity (Wildman–Crippen MR) is 148 cm³/mol. The molecule has 0 unspecified atom stereocenters. The third-order valence-corrected chi connectivity index (χ3v) is 9.68. The Morgan fingerprint density at radius 2 is 1.87 bits per heavy atom. The molecule has 0 saturated carbocycles. The summed E-state index contributed by atoms with van der Waals surface area (Å²) in [6.07, 6.45) is 0.243. The van der Waals surface area contributed by atoms with Crippen LogP contribution in [0.15, 0.2) is 56.3 Å². The first-order chi connectivity index (χ1) is 18.7. The third kappa shape index (κ3) is 6.65. The van der Waals surface area contributed by atoms with Gasteiger partial charge in [-0.1, -0.05) is 30.3 Å². The third-order valence-electron chi connectivity index (χ3n) is 6.23. The molecule has 3 aromatic rings. The molecular formula is C25H31N5O7S2. The number of aromatic amines is 1. The predicted octanol–water partition coefficient (Wildman–Crippen LogP) is 0.862. The van der Waals surface area contributed by atoms with E-state index in [1.165, 1.54) is 26.9 Å². The Morgan fingerprint density at radius 3 is 2.56 bits per heavy atom. The molecular weight excluding hydrogens is 546 g/mol. The highest BCUT2D eigenvalue weighted by molar-refractivity contribution is 7.91. The smallest absolute Gasteiger partial charge is 0.330 e. The van der Waals surface area contributed by atoms with Crippen LogP contribution in [0.2, 0.25) is 0 Å². The van der Waals surface area contributed by atoms with Gasteiger partial charge in [-0.3, -0.25) is 19.1 Å². The zero-order valence-corrected chi connectivity index (χ0v) is 23.1. The van der Waals surface area contributed by atoms with Crippen molar-refractivity contribution in [3.63, 3.8) is 0 Å². The average molecular weight is 578 g/mol. The normalized spacial score (nSPS) is 14.4. The molecule has 3 N–H and O–H groups in total. The molecule has 39 heavy (non-hydrogen) atoms. The number of H-pyrrole nitrogens is 1. The van der Waals surface area contributed by atoms with Gasteiger partial charge in [0.25, 0.3) is 15.6 Å². The van der Waals surface area contributed by atoms with Gasteiger partial charge < -0.3 is 20.1 Å². The van der Waals surface area contributed by atoms with Gasteiger partial charge in [0.1, 0.15) is 10.0 Å². The largest absolute Gasteiger partial charge is 0.385 e. The van der Waals surface area contributed by atoms with Crippen LogP contribution in [0.1, 0.15) is 16.9 Å². The van der Waals surface area contributed by atoms with Crippen molar-refractivity contribution in [2.75, 3.05) is 57.2 Å². The number of aromatic nitrogens is 2. The Hall–Kier alpha value is -3.30. The monoisotopic (exact) mass is 577 g/mol. The summed E-state index contributed by atoms with van der Waals surface area (Å²) in [5, 5.41) is 0. The second kappa shape index (κ2) is 12.7. The van der Waals surface area contributed by atoms with Crippen LogP contribution in [0, 0.1) is 0 Å². The molecule has 3 heterocycles. The first-order valence-electron chi connectivity index (χ1n) is 12.3. The van der Waals surface area contributed by atoms with E-state index in [4.69, 9.17) is 15.2 Å². The van der Waals surface area contributed by atoms with E-state index < -0.39 is 27.2 Å². The quantitative estimate of drug-likeness (QED) is 0.318. The van der Waals surface area contributed by atoms with Crippen molar-refractivity contribution in [3.8, 4) is 0 Å². The van der Waals surface area contributed by atoms with Crippen molar-refractivity contribution in [1.82, 2.24) is 13.9 Å². The lowest BCUT2D eigenvalue weighted by Gasteiger charge is -2.25. The fourth-order valence-corrected chi connectivity index (χ4v) is 7.15. The summed E-state index contributed by atoms with van der Waals surface area (Å²) < 4.78 is 39.1. The minimum absolute atomic E-state index is 0.100. The number of amides is 1. The van der Waals surface area contributed by atoms with Crippen molar-refractivity contribution in [3.05, 3.63) is 73.7 Å². The maximum absolute atomic E-state index is 13.5. The van der Waals surface area contributed by atoms with Gasteiger partial charge in [-0.15, -0.1) is 11.3 Å². The lowest BCUT2D eigenvalue weighted by molar-refractivity contribution is -0.118. The molecule has 0 radical (unpaired) electrons. The second-order valence-electron chi connectivity index (χ2n) is 8.87. The minimum Gasteiger partial charge on any atom is -0.385 e. The fraction of sp³-hybridized carbons (Fsp3) is 0.400. The number of anilines is 2. The summed E-state index contributed by atoms with van der Waals surface area (Å²) >= 11 is 1.00. The number of nitrogens with zero attached hydrogens (tertiary/aromatic N) is 3. The zero-order valence-electron chi connectivity index (χ0n) is 21.5. The van der Waals surface area contributed by atoms with E-state index >= 15 is 0 Å². The van der Waals surface area contributed by atoms with Crippen molar-refractivity contribution in [1.29, 1.82) is 0 Å². The van der Waals surface area contributed by atoms with E-state index in [1.54, 1.807) is 6.07 Å². The van der Waals surface area contributed by atoms with Crippen molar-refractivity contribution in [2.45, 2.75) is 23.6 Å². The molecule has 1 aliphatic heterocycles. The van der Waals surface area contributed by atoms with E-state index in [0.717, 1.165) is 16.9 Å². The number of sulfonamides is 1. The van der Waals surface area contributed by atoms with Gasteiger partial charge in [0.05, 0.1) is 26.2 Å². The summed E-state index contributed by atoms with van der Waals surface area (Å²) in [6.45, 7) is 1.72. The van der Waals surface area contributed by atoms with E-state index in [0.29, 0.717) is 31.1 Å². The van der Waals surface area contributed by atoms with Crippen LogP contribution in [-0.2, 0) is 37.3 Å². The molecule has 4 rings (SSSR count). The number of carbonyl (C=O) groups is 1. The first kappa shape index (κ1) is 28.7. The Kier molecular flexibility index (Phi) is 9.35. The highest BCUT2D eigenvalue weighted by Gasteiger charge is 2.29. The summed E-state index contributed by atoms with van der Waals surface area (Å²) in [6, 6.07) is 12.2. The molecule has 0 bridgehead atoms. The average Bonchev–Trinajstić information content (AvgIpc) is 3.40. The Morgan fingerprint density at radius 1 is 1.15 bits per heavy atom. The summed E-state index contributed by atoms with van der Waals surface area (Å²) in [5.41, 5.74) is 5.52. The number of hydrogen-bond acceptors (Lipinski definition) is 9. The van der Waals surface area contributed by atoms with Crippen LogP contribution in [0.3, 0.4) is 0 Å². The Labute approximate surface area is 229 Å². The molecule has 2 aromatic heterocycles. The number of hydrogen-bond donors (Lipinski definition) is 2. The molecule has 0 spiro atoms. The van der Waals surface area contributed by atoms with E-state index in [2.05, 4.69) is 4.98 Å². The van der Waals surface area contributed by atoms with Gasteiger partial charge in [-0.25, -0.2) is 13.2 Å². The topological polar surface area (TPSA) is 157 Å². The molecule has 1 amide bonds. The molecule has 1 aromatic carbocycles. The first-order valence-corrected chi connectivity index (χ1v) is 14.6. The SMILES string of the molecule is COCCCN(C(=O)Cc1ccc(S(=O)(=O)N2CCOCC2)s1)c1c(N)n(Cc2ccccc2)c(=O)[nH]c1=O. The molecule has 1 aliphatic rings. The lowest BCUT2D eigenvalue weighted by atomic mass is 10.2. The molecule has 1 fully saturated rings. The number of ether oxygens (including phenoxy) is 2. The molecule has 1 saturated heterocycles. The van der Waals surface area contributed by atoms with Crippen LogP contribution in [0.4, 0.5) is 11.5 Å². The van der Waals surface area contributed by atoms with Crippen LogP contribution in [-0.4, -0.2) is 74.7 Å². The van der Waals surface area contributed by atoms with Crippen LogP contribution >= 0.6 is 11.3 Å². The molecule has 0 aliphatic carbocycles. The van der Waals surface area contributed by atoms with Crippen molar-refractivity contribution < 1.29 is 22.7 Å². The van der Waals surface area contributed by atoms with E-state index in [-0.39, 0.29) is 48.3 Å². The minimum atomic E-state index is -3.70. The Bertz CT molecular complexity index is 1510. The number of nitrogens with one attached hydrogen (secondary N) is 1. The number of carbonyl (C=O) groups excluding carboxylic acids is 1. The van der Waals surface area contributed by atoms with Gasteiger partial charge in [0.15, 0.2) is 5.69 Å². The van der Waals surface area contributed by atoms with Gasteiger partial charge >= 0.3 is 5.69 Å². The second-order valence-corrected chi connectivity index (χ2v) is 12.2. The molecule has 14 heteroatoms. The number of nitrogens with two attached hydrogens (primary N) is 1. The van der Waals surface area contributed by atoms with Crippen molar-refractivity contribution in [2.24, 2.45) is 0 Å². The summed E-state index contributed by atoms with van der Waals surface area (Å²) in [5.74, 6) is -0.606. The number of rotatable bonds is 11. The van der Waals surface area contributed by atoms with Crippen molar-refractivity contribution >= 4 is 38.8 Å². The van der Waals surface area contributed by atoms with Gasteiger partial charge in [-0.2, -0.15) is 4.31 Å². The van der Waals surface area contributed by atoms with Crippen LogP contribution in [0.5, 0.6) is 0 Å². The van der Waals surface area contributed by atoms with Gasteiger partial charge in [-0.05, 0) is 24.1 Å². The number of benzene rings is 1. The van der Waals surface area contributed by atoms with Gasteiger partial charge in [0.2, 0.25) is 5.91 Å². The van der Waals surface area contributed by atoms with Gasteiger partial charge in [0, 0.05) is 38.2 Å². The van der Waals surface area contributed by atoms with Crippen LogP contribution < -0.4 is 21.9 Å². The molecule has 210 valence electrons. The fourth-order valence-electron chi connectivity index (χ4n) is 4.24. The highest BCUT2D eigenvalue weighted by Crippen LogP contribution is 2.27. The van der Waals surface area contributed by atoms with E-state index in [1.807, 2.05) is 30.3 Å². The van der Waals surface area contributed by atoms with E-state index in [9.17, 15) is 22.8 Å². The van der Waals surface area contributed by atoms with Crippen LogP contribution in [0.25, 0.3) is 0 Å². The molecule has 12 nitrogen and oxygen atoms in total. The number of nitrogen functional groups attached to an aromatic ring is 1. The maximum Gasteiger partial charge on any atom is 0.330 e. The number of methoxy groups -OCH3 is 1. The lowest BCUT2D eigenvalue weighted by Crippen LogP contribution is -2.42. The number of thiophene rings is 1. The highest BCUT2D eigenvalue weighted by atomic mass is 32.2. The summed E-state index contributed by atoms with van der Waals surface area (Å²) in [7, 11) is -2.18.